The van der Waals surface area contributed by atoms with Gasteiger partial charge in [-0.2, -0.15) is 10.2 Å². The van der Waals surface area contributed by atoms with Crippen LogP contribution in [0.1, 0.15) is 44.1 Å². The van der Waals surface area contributed by atoms with Crippen molar-refractivity contribution in [2.75, 3.05) is 11.9 Å². The summed E-state index contributed by atoms with van der Waals surface area (Å²) in [5.41, 5.74) is 2.69. The van der Waals surface area contributed by atoms with Gasteiger partial charge in [-0.05, 0) is 46.6 Å². The van der Waals surface area contributed by atoms with Crippen LogP contribution in [0, 0.1) is 13.8 Å². The number of urea groups is 1. The summed E-state index contributed by atoms with van der Waals surface area (Å²) in [5, 5.41) is 11.9. The number of anilines is 1. The zero-order chi connectivity index (χ0) is 17.3. The van der Waals surface area contributed by atoms with Gasteiger partial charge in [-0.15, -0.1) is 0 Å². The molecule has 2 aromatic heterocycles. The molecule has 24 heavy (non-hydrogen) atoms. The van der Waals surface area contributed by atoms with Crippen molar-refractivity contribution in [2.24, 2.45) is 0 Å². The number of hydrogen-bond donors (Lipinski definition) is 1. The van der Waals surface area contributed by atoms with Gasteiger partial charge in [0.1, 0.15) is 0 Å². The lowest BCUT2D eigenvalue weighted by atomic mass is 10.2. The topological polar surface area (TPSA) is 68.0 Å². The second-order valence-corrected chi connectivity index (χ2v) is 6.73. The van der Waals surface area contributed by atoms with E-state index in [2.05, 4.69) is 29.4 Å². The Morgan fingerprint density at radius 1 is 1.42 bits per heavy atom. The number of hydrogen-bond acceptors (Lipinski definition) is 3. The maximum Gasteiger partial charge on any atom is 0.322 e. The monoisotopic (exact) mass is 330 g/mol. The van der Waals surface area contributed by atoms with E-state index >= 15 is 0 Å². The van der Waals surface area contributed by atoms with Gasteiger partial charge in [-0.3, -0.25) is 9.36 Å². The molecule has 0 spiro atoms. The molecule has 0 unspecified atom stereocenters. The number of amides is 2. The number of rotatable bonds is 4. The molecule has 1 aliphatic heterocycles. The highest BCUT2D eigenvalue weighted by Crippen LogP contribution is 2.25. The highest BCUT2D eigenvalue weighted by Gasteiger charge is 2.30. The molecule has 1 atom stereocenters. The summed E-state index contributed by atoms with van der Waals surface area (Å²) >= 11 is 0. The molecule has 0 radical (unpaired) electrons. The van der Waals surface area contributed by atoms with Gasteiger partial charge in [-0.1, -0.05) is 0 Å². The SMILES string of the molecule is Cc1nn(C(C)C)c(C)c1NC(=O)N1CCC[C@@H]1Cn1cccn1. The molecule has 1 N–H and O–H groups in total. The van der Waals surface area contributed by atoms with Crippen LogP contribution in [0.25, 0.3) is 0 Å². The van der Waals surface area contributed by atoms with Crippen molar-refractivity contribution in [2.45, 2.75) is 59.2 Å². The number of likely N-dealkylation sites (tertiary alicyclic amines) is 1. The molecule has 0 aliphatic carbocycles. The number of aryl methyl sites for hydroxylation is 1. The number of aromatic nitrogens is 4. The van der Waals surface area contributed by atoms with E-state index in [4.69, 9.17) is 0 Å². The zero-order valence-electron chi connectivity index (χ0n) is 14.9. The smallest absolute Gasteiger partial charge is 0.320 e. The molecular formula is C17H26N6O. The second-order valence-electron chi connectivity index (χ2n) is 6.73. The Balaban J connectivity index is 1.72. The molecule has 0 bridgehead atoms. The fraction of sp³-hybridized carbons (Fsp3) is 0.588. The van der Waals surface area contributed by atoms with Crippen LogP contribution >= 0.6 is 0 Å². The lowest BCUT2D eigenvalue weighted by Gasteiger charge is -2.25. The minimum Gasteiger partial charge on any atom is -0.320 e. The van der Waals surface area contributed by atoms with Crippen molar-refractivity contribution in [1.82, 2.24) is 24.5 Å². The molecule has 7 nitrogen and oxygen atoms in total. The van der Waals surface area contributed by atoms with E-state index in [-0.39, 0.29) is 18.1 Å². The van der Waals surface area contributed by atoms with Gasteiger partial charge in [0.25, 0.3) is 0 Å². The molecule has 2 amide bonds. The average molecular weight is 330 g/mol. The van der Waals surface area contributed by atoms with Crippen molar-refractivity contribution < 1.29 is 4.79 Å². The summed E-state index contributed by atoms with van der Waals surface area (Å²) in [5.74, 6) is 0. The Morgan fingerprint density at radius 2 is 2.21 bits per heavy atom. The van der Waals surface area contributed by atoms with Crippen LogP contribution in [-0.4, -0.2) is 43.1 Å². The van der Waals surface area contributed by atoms with Gasteiger partial charge in [0, 0.05) is 25.0 Å². The summed E-state index contributed by atoms with van der Waals surface area (Å²) < 4.78 is 3.85. The summed E-state index contributed by atoms with van der Waals surface area (Å²) in [6.07, 6.45) is 5.75. The molecule has 130 valence electrons. The normalized spacial score (nSPS) is 17.7. The van der Waals surface area contributed by atoms with Crippen molar-refractivity contribution in [3.8, 4) is 0 Å². The quantitative estimate of drug-likeness (QED) is 0.937. The lowest BCUT2D eigenvalue weighted by Crippen LogP contribution is -2.41. The van der Waals surface area contributed by atoms with Crippen molar-refractivity contribution >= 4 is 11.7 Å². The fourth-order valence-electron chi connectivity index (χ4n) is 3.44. The minimum atomic E-state index is -0.0424. The molecule has 0 saturated carbocycles. The van der Waals surface area contributed by atoms with Crippen LogP contribution in [0.2, 0.25) is 0 Å². The third-order valence-electron chi connectivity index (χ3n) is 4.64. The largest absolute Gasteiger partial charge is 0.322 e. The Labute approximate surface area is 142 Å². The fourth-order valence-corrected chi connectivity index (χ4v) is 3.44. The van der Waals surface area contributed by atoms with Gasteiger partial charge in [0.15, 0.2) is 0 Å². The minimum absolute atomic E-state index is 0.0424. The van der Waals surface area contributed by atoms with Crippen LogP contribution in [-0.2, 0) is 6.54 Å². The van der Waals surface area contributed by atoms with Crippen molar-refractivity contribution in [3.05, 3.63) is 29.8 Å². The first-order valence-corrected chi connectivity index (χ1v) is 8.58. The van der Waals surface area contributed by atoms with Gasteiger partial charge in [0.05, 0.1) is 29.7 Å². The lowest BCUT2D eigenvalue weighted by molar-refractivity contribution is 0.199. The van der Waals surface area contributed by atoms with Crippen LogP contribution in [0.5, 0.6) is 0 Å². The molecule has 1 fully saturated rings. The van der Waals surface area contributed by atoms with Gasteiger partial charge >= 0.3 is 6.03 Å². The van der Waals surface area contributed by atoms with Crippen molar-refractivity contribution in [3.63, 3.8) is 0 Å². The van der Waals surface area contributed by atoms with E-state index < -0.39 is 0 Å². The summed E-state index contributed by atoms with van der Waals surface area (Å²) in [6.45, 7) is 9.64. The Bertz CT molecular complexity index is 703. The van der Waals surface area contributed by atoms with E-state index in [1.165, 1.54) is 0 Å². The molecule has 1 aliphatic rings. The molecule has 0 aromatic carbocycles. The first-order valence-electron chi connectivity index (χ1n) is 8.58. The highest BCUT2D eigenvalue weighted by atomic mass is 16.2. The van der Waals surface area contributed by atoms with E-state index in [1.54, 1.807) is 6.20 Å². The molecular weight excluding hydrogens is 304 g/mol. The Hall–Kier alpha value is -2.31. The third kappa shape index (κ3) is 3.16. The third-order valence-corrected chi connectivity index (χ3v) is 4.64. The van der Waals surface area contributed by atoms with Gasteiger partial charge in [0.2, 0.25) is 0 Å². The van der Waals surface area contributed by atoms with Crippen LogP contribution in [0.15, 0.2) is 18.5 Å². The number of carbonyl (C=O) groups is 1. The summed E-state index contributed by atoms with van der Waals surface area (Å²) in [7, 11) is 0. The summed E-state index contributed by atoms with van der Waals surface area (Å²) in [6, 6.07) is 2.32. The first-order chi connectivity index (χ1) is 11.5. The molecule has 7 heteroatoms. The zero-order valence-corrected chi connectivity index (χ0v) is 14.9. The molecule has 2 aromatic rings. The van der Waals surface area contributed by atoms with E-state index in [9.17, 15) is 4.79 Å². The summed E-state index contributed by atoms with van der Waals surface area (Å²) in [4.78, 5) is 14.7. The predicted molar refractivity (Wildman–Crippen MR) is 93.1 cm³/mol. The first kappa shape index (κ1) is 16.5. The molecule has 1 saturated heterocycles. The van der Waals surface area contributed by atoms with Gasteiger partial charge in [-0.25, -0.2) is 4.79 Å². The standard InChI is InChI=1S/C17H26N6O/c1-12(2)23-14(4)16(13(3)20-23)19-17(24)22-10-5-7-15(22)11-21-9-6-8-18-21/h6,8-9,12,15H,5,7,10-11H2,1-4H3,(H,19,24)/t15-/m1/s1. The maximum absolute atomic E-state index is 12.8. The number of nitrogens with one attached hydrogen (secondary N) is 1. The Kier molecular flexibility index (Phi) is 4.59. The van der Waals surface area contributed by atoms with Crippen LogP contribution < -0.4 is 5.32 Å². The van der Waals surface area contributed by atoms with Crippen LogP contribution in [0.4, 0.5) is 10.5 Å². The molecule has 3 rings (SSSR count). The van der Waals surface area contributed by atoms with Crippen molar-refractivity contribution in [1.29, 1.82) is 0 Å². The highest BCUT2D eigenvalue weighted by molar-refractivity contribution is 5.91. The van der Waals surface area contributed by atoms with Crippen LogP contribution in [0.3, 0.4) is 0 Å². The Morgan fingerprint density at radius 3 is 2.83 bits per heavy atom. The number of carbonyl (C=O) groups excluding carboxylic acids is 1. The average Bonchev–Trinajstić information content (AvgIpc) is 3.25. The number of nitrogens with zero attached hydrogens (tertiary/aromatic N) is 5. The van der Waals surface area contributed by atoms with E-state index in [1.807, 2.05) is 40.4 Å². The predicted octanol–water partition coefficient (Wildman–Crippen LogP) is 2.97. The van der Waals surface area contributed by atoms with E-state index in [0.29, 0.717) is 0 Å². The molecule has 3 heterocycles. The second kappa shape index (κ2) is 6.67. The van der Waals surface area contributed by atoms with Gasteiger partial charge < -0.3 is 10.2 Å². The van der Waals surface area contributed by atoms with E-state index in [0.717, 1.165) is 43.0 Å². The maximum atomic E-state index is 12.8.